The summed E-state index contributed by atoms with van der Waals surface area (Å²) in [6, 6.07) is 0. The van der Waals surface area contributed by atoms with Gasteiger partial charge in [-0.15, -0.1) is 0 Å². The van der Waals surface area contributed by atoms with Crippen molar-refractivity contribution < 1.29 is 14.3 Å². The van der Waals surface area contributed by atoms with Crippen LogP contribution in [0.5, 0.6) is 0 Å². The van der Waals surface area contributed by atoms with E-state index < -0.39 is 0 Å². The van der Waals surface area contributed by atoms with Gasteiger partial charge in [0.2, 0.25) is 5.91 Å². The Hall–Kier alpha value is -1.85. The molecule has 1 aromatic heterocycles. The first-order valence-electron chi connectivity index (χ1n) is 7.04. The largest absolute Gasteiger partial charge is 0.469 e. The van der Waals surface area contributed by atoms with E-state index in [0.29, 0.717) is 25.2 Å². The first-order chi connectivity index (χ1) is 9.70. The van der Waals surface area contributed by atoms with Crippen LogP contribution in [0.3, 0.4) is 0 Å². The lowest BCUT2D eigenvalue weighted by molar-refractivity contribution is -0.141. The van der Waals surface area contributed by atoms with Crippen molar-refractivity contribution in [3.63, 3.8) is 0 Å². The smallest absolute Gasteiger partial charge is 0.305 e. The van der Waals surface area contributed by atoms with Crippen LogP contribution in [0, 0.1) is 0 Å². The lowest BCUT2D eigenvalue weighted by atomic mass is 9.92. The van der Waals surface area contributed by atoms with E-state index in [-0.39, 0.29) is 11.9 Å². The third-order valence-electron chi connectivity index (χ3n) is 3.76. The molecule has 0 spiro atoms. The Balaban J connectivity index is 1.79. The summed E-state index contributed by atoms with van der Waals surface area (Å²) in [4.78, 5) is 25.1. The predicted molar refractivity (Wildman–Crippen MR) is 73.0 cm³/mol. The molecule has 1 amide bonds. The minimum atomic E-state index is -0.257. The van der Waals surface area contributed by atoms with Crippen LogP contribution >= 0.6 is 0 Å². The molecule has 2 rings (SSSR count). The molecule has 6 nitrogen and oxygen atoms in total. The zero-order valence-corrected chi connectivity index (χ0v) is 11.8. The zero-order valence-electron chi connectivity index (χ0n) is 11.8. The molecule has 1 atom stereocenters. The number of carbonyl (C=O) groups is 2. The second-order valence-corrected chi connectivity index (χ2v) is 5.14. The Morgan fingerprint density at radius 3 is 3.05 bits per heavy atom. The Bertz CT molecular complexity index is 445. The lowest BCUT2D eigenvalue weighted by Gasteiger charge is -2.32. The topological polar surface area (TPSA) is 75.3 Å². The average molecular weight is 279 g/mol. The van der Waals surface area contributed by atoms with Crippen LogP contribution in [0.4, 0.5) is 0 Å². The van der Waals surface area contributed by atoms with E-state index in [2.05, 4.69) is 14.9 Å². The number of hydrogen-bond donors (Lipinski definition) is 1. The number of likely N-dealkylation sites (tertiary alicyclic amines) is 1. The Morgan fingerprint density at radius 1 is 1.50 bits per heavy atom. The average Bonchev–Trinajstić information content (AvgIpc) is 3.01. The normalized spacial score (nSPS) is 18.9. The van der Waals surface area contributed by atoms with Crippen molar-refractivity contribution in [2.45, 2.75) is 38.0 Å². The Morgan fingerprint density at radius 2 is 2.35 bits per heavy atom. The van der Waals surface area contributed by atoms with E-state index in [1.807, 2.05) is 17.3 Å². The number of nitrogens with zero attached hydrogens (tertiary/aromatic N) is 2. The van der Waals surface area contributed by atoms with Crippen molar-refractivity contribution in [3.05, 3.63) is 18.0 Å². The van der Waals surface area contributed by atoms with Crippen LogP contribution < -0.4 is 0 Å². The van der Waals surface area contributed by atoms with Gasteiger partial charge in [0, 0.05) is 38.0 Å². The second kappa shape index (κ2) is 7.07. The molecule has 1 saturated heterocycles. The van der Waals surface area contributed by atoms with Crippen molar-refractivity contribution in [2.75, 3.05) is 20.2 Å². The van der Waals surface area contributed by atoms with E-state index >= 15 is 0 Å². The SMILES string of the molecule is COC(=O)CCCC(=O)N1CCC[C@H](c2cn[nH]c2)C1. The van der Waals surface area contributed by atoms with Crippen LogP contribution in [0.2, 0.25) is 0 Å². The molecule has 6 heteroatoms. The summed E-state index contributed by atoms with van der Waals surface area (Å²) >= 11 is 0. The molecule has 0 radical (unpaired) electrons. The summed E-state index contributed by atoms with van der Waals surface area (Å²) in [6.45, 7) is 1.56. The van der Waals surface area contributed by atoms with E-state index in [1.54, 1.807) is 0 Å². The highest BCUT2D eigenvalue weighted by atomic mass is 16.5. The number of amides is 1. The van der Waals surface area contributed by atoms with E-state index in [4.69, 9.17) is 0 Å². The van der Waals surface area contributed by atoms with Gasteiger partial charge in [0.25, 0.3) is 0 Å². The molecule has 110 valence electrons. The monoisotopic (exact) mass is 279 g/mol. The first kappa shape index (κ1) is 14.6. The molecule has 1 aliphatic heterocycles. The number of aromatic amines is 1. The highest BCUT2D eigenvalue weighted by molar-refractivity contribution is 5.77. The fourth-order valence-electron chi connectivity index (χ4n) is 2.60. The van der Waals surface area contributed by atoms with Gasteiger partial charge in [0.15, 0.2) is 0 Å². The molecule has 0 bridgehead atoms. The van der Waals surface area contributed by atoms with Gasteiger partial charge < -0.3 is 9.64 Å². The number of esters is 1. The number of methoxy groups -OCH3 is 1. The molecule has 1 N–H and O–H groups in total. The molecule has 1 aromatic rings. The number of rotatable bonds is 5. The van der Waals surface area contributed by atoms with Gasteiger partial charge in [-0.05, 0) is 24.8 Å². The summed E-state index contributed by atoms with van der Waals surface area (Å²) in [5.74, 6) is 0.238. The van der Waals surface area contributed by atoms with Gasteiger partial charge in [0.1, 0.15) is 0 Å². The third-order valence-corrected chi connectivity index (χ3v) is 3.76. The number of piperidine rings is 1. The first-order valence-corrected chi connectivity index (χ1v) is 7.04. The summed E-state index contributed by atoms with van der Waals surface area (Å²) in [7, 11) is 1.37. The molecule has 1 aliphatic rings. The van der Waals surface area contributed by atoms with Crippen molar-refractivity contribution in [1.29, 1.82) is 0 Å². The lowest BCUT2D eigenvalue weighted by Crippen LogP contribution is -2.38. The van der Waals surface area contributed by atoms with Crippen LogP contribution in [-0.2, 0) is 14.3 Å². The van der Waals surface area contributed by atoms with Crippen LogP contribution in [-0.4, -0.2) is 47.2 Å². The van der Waals surface area contributed by atoms with Crippen molar-refractivity contribution in [2.24, 2.45) is 0 Å². The fourth-order valence-corrected chi connectivity index (χ4v) is 2.60. The molecule has 0 aliphatic carbocycles. The van der Waals surface area contributed by atoms with Crippen molar-refractivity contribution >= 4 is 11.9 Å². The minimum Gasteiger partial charge on any atom is -0.469 e. The molecule has 0 saturated carbocycles. The van der Waals surface area contributed by atoms with E-state index in [9.17, 15) is 9.59 Å². The summed E-state index contributed by atoms with van der Waals surface area (Å²) in [5.41, 5.74) is 1.16. The number of hydrogen-bond acceptors (Lipinski definition) is 4. The predicted octanol–water partition coefficient (Wildman–Crippen LogP) is 1.46. The molecule has 0 aromatic carbocycles. The molecule has 20 heavy (non-hydrogen) atoms. The standard InChI is InChI=1S/C14H21N3O3/c1-20-14(19)6-2-5-13(18)17-7-3-4-11(10-17)12-8-15-16-9-12/h8-9,11H,2-7,10H2,1H3,(H,15,16)/t11-/m0/s1. The second-order valence-electron chi connectivity index (χ2n) is 5.14. The van der Waals surface area contributed by atoms with Gasteiger partial charge in [-0.3, -0.25) is 14.7 Å². The molecule has 2 heterocycles. The Kier molecular flexibility index (Phi) is 5.15. The maximum absolute atomic E-state index is 12.1. The van der Waals surface area contributed by atoms with Gasteiger partial charge >= 0.3 is 5.97 Å². The molecular formula is C14H21N3O3. The maximum atomic E-state index is 12.1. The van der Waals surface area contributed by atoms with Crippen LogP contribution in [0.25, 0.3) is 0 Å². The van der Waals surface area contributed by atoms with Gasteiger partial charge in [-0.2, -0.15) is 5.10 Å². The number of aromatic nitrogens is 2. The van der Waals surface area contributed by atoms with Gasteiger partial charge in [0.05, 0.1) is 13.3 Å². The number of nitrogens with one attached hydrogen (secondary N) is 1. The van der Waals surface area contributed by atoms with Crippen LogP contribution in [0.1, 0.15) is 43.6 Å². The van der Waals surface area contributed by atoms with Crippen molar-refractivity contribution in [3.8, 4) is 0 Å². The molecular weight excluding hydrogens is 258 g/mol. The third kappa shape index (κ3) is 3.82. The Labute approximate surface area is 118 Å². The number of H-pyrrole nitrogens is 1. The molecule has 0 unspecified atom stereocenters. The highest BCUT2D eigenvalue weighted by Gasteiger charge is 2.24. The maximum Gasteiger partial charge on any atom is 0.305 e. The summed E-state index contributed by atoms with van der Waals surface area (Å²) < 4.78 is 4.57. The quantitative estimate of drug-likeness (QED) is 0.828. The molecule has 1 fully saturated rings. The number of carbonyl (C=O) groups excluding carboxylic acids is 2. The summed E-state index contributed by atoms with van der Waals surface area (Å²) in [5, 5.41) is 6.79. The summed E-state index contributed by atoms with van der Waals surface area (Å²) in [6.07, 6.45) is 7.10. The highest BCUT2D eigenvalue weighted by Crippen LogP contribution is 2.26. The number of ether oxygens (including phenoxy) is 1. The van der Waals surface area contributed by atoms with E-state index in [1.165, 1.54) is 7.11 Å². The minimum absolute atomic E-state index is 0.127. The van der Waals surface area contributed by atoms with E-state index in [0.717, 1.165) is 31.5 Å². The van der Waals surface area contributed by atoms with Crippen molar-refractivity contribution in [1.82, 2.24) is 15.1 Å². The van der Waals surface area contributed by atoms with Gasteiger partial charge in [-0.25, -0.2) is 0 Å². The fraction of sp³-hybridized carbons (Fsp3) is 0.643. The van der Waals surface area contributed by atoms with Gasteiger partial charge in [-0.1, -0.05) is 0 Å². The van der Waals surface area contributed by atoms with Crippen LogP contribution in [0.15, 0.2) is 12.4 Å². The zero-order chi connectivity index (χ0) is 14.4.